The van der Waals surface area contributed by atoms with Crippen LogP contribution in [0.3, 0.4) is 0 Å². The molecule has 1 aromatic heterocycles. The van der Waals surface area contributed by atoms with Gasteiger partial charge in [-0.25, -0.2) is 9.97 Å². The molecule has 3 aromatic rings. The summed E-state index contributed by atoms with van der Waals surface area (Å²) in [5, 5.41) is 4.19. The summed E-state index contributed by atoms with van der Waals surface area (Å²) in [5.74, 6) is 4.63. The van der Waals surface area contributed by atoms with E-state index in [1.54, 1.807) is 7.11 Å². The molecule has 2 aromatic carbocycles. The summed E-state index contributed by atoms with van der Waals surface area (Å²) in [5.41, 5.74) is 2.41. The molecule has 0 atom stereocenters. The highest BCUT2D eigenvalue weighted by molar-refractivity contribution is 5.93. The van der Waals surface area contributed by atoms with E-state index in [9.17, 15) is 0 Å². The number of anilines is 2. The molecule has 1 N–H and O–H groups in total. The third kappa shape index (κ3) is 6.14. The van der Waals surface area contributed by atoms with Crippen molar-refractivity contribution >= 4 is 22.4 Å². The second-order valence-electron chi connectivity index (χ2n) is 8.22. The number of rotatable bonds is 10. The molecule has 8 nitrogen and oxygen atoms in total. The van der Waals surface area contributed by atoms with E-state index in [4.69, 9.17) is 20.6 Å². The van der Waals surface area contributed by atoms with E-state index >= 15 is 0 Å². The van der Waals surface area contributed by atoms with Gasteiger partial charge in [-0.1, -0.05) is 12.0 Å². The lowest BCUT2D eigenvalue weighted by atomic mass is 10.2. The van der Waals surface area contributed by atoms with Crippen LogP contribution in [0.25, 0.3) is 10.9 Å². The average Bonchev–Trinajstić information content (AvgIpc) is 2.86. The molecule has 0 unspecified atom stereocenters. The number of fused-ring (bicyclic) bond motifs is 1. The van der Waals surface area contributed by atoms with Crippen LogP contribution < -0.4 is 14.8 Å². The van der Waals surface area contributed by atoms with E-state index in [-0.39, 0.29) is 0 Å². The van der Waals surface area contributed by atoms with Gasteiger partial charge in [0.15, 0.2) is 11.5 Å². The van der Waals surface area contributed by atoms with Crippen LogP contribution in [0.5, 0.6) is 11.5 Å². The lowest BCUT2D eigenvalue weighted by Crippen LogP contribution is -2.45. The van der Waals surface area contributed by atoms with Crippen molar-refractivity contribution in [2.24, 2.45) is 0 Å². The van der Waals surface area contributed by atoms with Gasteiger partial charge in [0.25, 0.3) is 0 Å². The molecule has 2 heterocycles. The molecule has 1 aliphatic rings. The summed E-state index contributed by atoms with van der Waals surface area (Å²) in [4.78, 5) is 13.7. The number of terminal acetylenes is 1. The van der Waals surface area contributed by atoms with Crippen LogP contribution >= 0.6 is 0 Å². The molecule has 1 aliphatic heterocycles. The smallest absolute Gasteiger partial charge is 0.163 e. The molecule has 8 heteroatoms. The number of likely N-dealkylation sites (N-methyl/N-ethyl adjacent to an activating group) is 1. The van der Waals surface area contributed by atoms with Crippen LogP contribution in [0, 0.1) is 12.3 Å². The van der Waals surface area contributed by atoms with Gasteiger partial charge in [0.05, 0.1) is 12.1 Å². The number of nitrogens with zero attached hydrogens (tertiary/aromatic N) is 4. The van der Waals surface area contributed by atoms with Gasteiger partial charge < -0.3 is 24.4 Å². The fourth-order valence-corrected chi connectivity index (χ4v) is 3.80. The molecule has 0 aliphatic carbocycles. The topological polar surface area (TPSA) is 72.0 Å². The fourth-order valence-electron chi connectivity index (χ4n) is 3.80. The molecule has 0 amide bonds. The van der Waals surface area contributed by atoms with Gasteiger partial charge >= 0.3 is 0 Å². The Morgan fingerprint density at radius 1 is 1.00 bits per heavy atom. The molecule has 0 saturated carbocycles. The number of piperazine rings is 1. The van der Waals surface area contributed by atoms with Gasteiger partial charge in [-0.2, -0.15) is 0 Å². The monoisotopic (exact) mass is 461 g/mol. The molecule has 178 valence electrons. The fraction of sp³-hybridized carbons (Fsp3) is 0.385. The molecule has 1 saturated heterocycles. The van der Waals surface area contributed by atoms with Crippen molar-refractivity contribution < 1.29 is 14.2 Å². The number of hydrogen-bond acceptors (Lipinski definition) is 8. The largest absolute Gasteiger partial charge is 0.488 e. The van der Waals surface area contributed by atoms with Crippen LogP contribution in [-0.2, 0) is 4.74 Å². The molecule has 4 rings (SSSR count). The zero-order valence-corrected chi connectivity index (χ0v) is 19.8. The van der Waals surface area contributed by atoms with Crippen molar-refractivity contribution in [2.45, 2.75) is 0 Å². The summed E-state index contributed by atoms with van der Waals surface area (Å²) in [6, 6.07) is 11.5. The molecule has 1 fully saturated rings. The summed E-state index contributed by atoms with van der Waals surface area (Å²) in [6.45, 7) is 6.59. The summed E-state index contributed by atoms with van der Waals surface area (Å²) < 4.78 is 17.3. The van der Waals surface area contributed by atoms with E-state index in [0.29, 0.717) is 37.1 Å². The van der Waals surface area contributed by atoms with Crippen LogP contribution in [0.4, 0.5) is 11.5 Å². The van der Waals surface area contributed by atoms with Gasteiger partial charge in [-0.15, -0.1) is 6.42 Å². The Kier molecular flexibility index (Phi) is 8.15. The number of ether oxygens (including phenoxy) is 3. The summed E-state index contributed by atoms with van der Waals surface area (Å²) in [7, 11) is 3.81. The molecule has 0 bridgehead atoms. The standard InChI is InChI=1S/C26H31N5O3/c1-4-20-6-5-7-21(16-20)29-26-22-17-24(33-13-12-31-10-8-30(2)9-11-31)25(34-15-14-32-3)18-23(22)27-19-28-26/h1,5-7,16-19H,8-15H2,2-3H3,(H,27,28,29). The zero-order valence-electron chi connectivity index (χ0n) is 19.8. The van der Waals surface area contributed by atoms with E-state index in [1.807, 2.05) is 36.4 Å². The highest BCUT2D eigenvalue weighted by Gasteiger charge is 2.16. The number of hydrogen-bond donors (Lipinski definition) is 1. The molecular weight excluding hydrogens is 430 g/mol. The Morgan fingerprint density at radius 3 is 2.59 bits per heavy atom. The van der Waals surface area contributed by atoms with Gasteiger partial charge in [-0.05, 0) is 31.3 Å². The second-order valence-corrected chi connectivity index (χ2v) is 8.22. The van der Waals surface area contributed by atoms with E-state index < -0.39 is 0 Å². The Morgan fingerprint density at radius 2 is 1.79 bits per heavy atom. The van der Waals surface area contributed by atoms with Crippen molar-refractivity contribution in [3.63, 3.8) is 0 Å². The maximum absolute atomic E-state index is 6.22. The highest BCUT2D eigenvalue weighted by atomic mass is 16.5. The quantitative estimate of drug-likeness (QED) is 0.365. The first-order chi connectivity index (χ1) is 16.7. The minimum atomic E-state index is 0.423. The van der Waals surface area contributed by atoms with E-state index in [0.717, 1.165) is 54.9 Å². The lowest BCUT2D eigenvalue weighted by molar-refractivity contribution is 0.128. The van der Waals surface area contributed by atoms with Gasteiger partial charge in [0, 0.05) is 62.5 Å². The first kappa shape index (κ1) is 23.8. The molecule has 34 heavy (non-hydrogen) atoms. The minimum Gasteiger partial charge on any atom is -0.488 e. The predicted molar refractivity (Wildman–Crippen MR) is 134 cm³/mol. The van der Waals surface area contributed by atoms with Gasteiger partial charge in [0.2, 0.25) is 0 Å². The van der Waals surface area contributed by atoms with E-state index in [2.05, 4.69) is 38.1 Å². The van der Waals surface area contributed by atoms with Crippen LogP contribution in [-0.4, -0.2) is 86.5 Å². The molecule has 0 radical (unpaired) electrons. The minimum absolute atomic E-state index is 0.423. The van der Waals surface area contributed by atoms with Crippen molar-refractivity contribution in [2.75, 3.05) is 72.0 Å². The van der Waals surface area contributed by atoms with Gasteiger partial charge in [-0.3, -0.25) is 4.90 Å². The van der Waals surface area contributed by atoms with E-state index in [1.165, 1.54) is 6.33 Å². The number of nitrogens with one attached hydrogen (secondary N) is 1. The van der Waals surface area contributed by atoms with Gasteiger partial charge in [0.1, 0.15) is 25.4 Å². The Labute approximate surface area is 200 Å². The number of methoxy groups -OCH3 is 1. The zero-order chi connectivity index (χ0) is 23.8. The Hall–Kier alpha value is -3.38. The van der Waals surface area contributed by atoms with Crippen molar-refractivity contribution in [1.82, 2.24) is 19.8 Å². The van der Waals surface area contributed by atoms with Crippen LogP contribution in [0.15, 0.2) is 42.7 Å². The van der Waals surface area contributed by atoms with Crippen LogP contribution in [0.1, 0.15) is 5.56 Å². The van der Waals surface area contributed by atoms with Crippen molar-refractivity contribution in [3.05, 3.63) is 48.3 Å². The molecular formula is C26H31N5O3. The summed E-state index contributed by atoms with van der Waals surface area (Å²) in [6.07, 6.45) is 7.08. The number of benzene rings is 2. The second kappa shape index (κ2) is 11.7. The maximum atomic E-state index is 6.22. The predicted octanol–water partition coefficient (Wildman–Crippen LogP) is 3.01. The van der Waals surface area contributed by atoms with Crippen LogP contribution in [0.2, 0.25) is 0 Å². The number of aromatic nitrogens is 2. The maximum Gasteiger partial charge on any atom is 0.163 e. The molecule has 0 spiro atoms. The first-order valence-electron chi connectivity index (χ1n) is 11.4. The third-order valence-electron chi connectivity index (χ3n) is 5.80. The van der Waals surface area contributed by atoms with Crippen molar-refractivity contribution in [3.8, 4) is 23.8 Å². The van der Waals surface area contributed by atoms with Crippen molar-refractivity contribution in [1.29, 1.82) is 0 Å². The Bertz CT molecular complexity index is 1140. The lowest BCUT2D eigenvalue weighted by Gasteiger charge is -2.32. The summed E-state index contributed by atoms with van der Waals surface area (Å²) >= 11 is 0. The SMILES string of the molecule is C#Cc1cccc(Nc2ncnc3cc(OCCOC)c(OCCN4CCN(C)CC4)cc23)c1. The average molecular weight is 462 g/mol. The first-order valence-corrected chi connectivity index (χ1v) is 11.4. The normalized spacial score (nSPS) is 14.6. The third-order valence-corrected chi connectivity index (χ3v) is 5.80. The Balaban J connectivity index is 1.56. The highest BCUT2D eigenvalue weighted by Crippen LogP contribution is 2.35.